The molecule has 0 unspecified atom stereocenters. The molecule has 2 rings (SSSR count). The molecule has 0 fully saturated rings. The van der Waals surface area contributed by atoms with E-state index in [9.17, 15) is 9.18 Å². The van der Waals surface area contributed by atoms with Crippen molar-refractivity contribution in [2.24, 2.45) is 0 Å². The van der Waals surface area contributed by atoms with Crippen LogP contribution in [0.15, 0.2) is 36.0 Å². The van der Waals surface area contributed by atoms with Crippen molar-refractivity contribution in [1.29, 1.82) is 0 Å². The Morgan fingerprint density at radius 1 is 1.43 bits per heavy atom. The SMILES string of the molecule is O=C(c1cccc(F)c1)c1cncs1. The predicted octanol–water partition coefficient (Wildman–Crippen LogP) is 2.51. The number of thiazole rings is 1. The van der Waals surface area contributed by atoms with Crippen LogP contribution in [-0.2, 0) is 0 Å². The smallest absolute Gasteiger partial charge is 0.204 e. The number of hydrogen-bond donors (Lipinski definition) is 0. The summed E-state index contributed by atoms with van der Waals surface area (Å²) in [5.74, 6) is -0.590. The molecule has 1 heterocycles. The molecule has 0 saturated carbocycles. The van der Waals surface area contributed by atoms with Crippen molar-refractivity contribution in [3.05, 3.63) is 52.2 Å². The highest BCUT2D eigenvalue weighted by Gasteiger charge is 2.10. The molecule has 14 heavy (non-hydrogen) atoms. The van der Waals surface area contributed by atoms with Crippen molar-refractivity contribution in [3.63, 3.8) is 0 Å². The highest BCUT2D eigenvalue weighted by Crippen LogP contribution is 2.13. The van der Waals surface area contributed by atoms with E-state index in [1.807, 2.05) is 0 Å². The van der Waals surface area contributed by atoms with Crippen LogP contribution in [0.4, 0.5) is 4.39 Å². The standard InChI is InChI=1S/C10H6FNOS/c11-8-3-1-2-7(4-8)10(13)9-5-12-6-14-9/h1-6H. The number of carbonyl (C=O) groups excluding carboxylic acids is 1. The van der Waals surface area contributed by atoms with Gasteiger partial charge in [-0.2, -0.15) is 0 Å². The summed E-state index contributed by atoms with van der Waals surface area (Å²) in [6.45, 7) is 0. The molecular formula is C10H6FNOS. The normalized spacial score (nSPS) is 10.1. The number of hydrogen-bond acceptors (Lipinski definition) is 3. The number of halogens is 1. The summed E-state index contributed by atoms with van der Waals surface area (Å²) in [7, 11) is 0. The van der Waals surface area contributed by atoms with E-state index in [4.69, 9.17) is 0 Å². The van der Waals surface area contributed by atoms with Gasteiger partial charge in [0.2, 0.25) is 5.78 Å². The molecule has 2 nitrogen and oxygen atoms in total. The molecule has 0 N–H and O–H groups in total. The van der Waals surface area contributed by atoms with Gasteiger partial charge in [0.05, 0.1) is 10.4 Å². The minimum Gasteiger partial charge on any atom is -0.288 e. The summed E-state index contributed by atoms with van der Waals surface area (Å²) in [6.07, 6.45) is 1.48. The van der Waals surface area contributed by atoms with E-state index in [2.05, 4.69) is 4.98 Å². The first-order chi connectivity index (χ1) is 6.77. The van der Waals surface area contributed by atoms with Crippen LogP contribution in [0.25, 0.3) is 0 Å². The van der Waals surface area contributed by atoms with Gasteiger partial charge in [0.25, 0.3) is 0 Å². The number of rotatable bonds is 2. The van der Waals surface area contributed by atoms with E-state index < -0.39 is 5.82 Å². The first-order valence-corrected chi connectivity index (χ1v) is 4.84. The Morgan fingerprint density at radius 2 is 2.29 bits per heavy atom. The van der Waals surface area contributed by atoms with Gasteiger partial charge in [-0.25, -0.2) is 4.39 Å². The van der Waals surface area contributed by atoms with Gasteiger partial charge >= 0.3 is 0 Å². The third-order valence-electron chi connectivity index (χ3n) is 1.74. The molecule has 0 atom stereocenters. The minimum absolute atomic E-state index is 0.188. The van der Waals surface area contributed by atoms with E-state index in [0.29, 0.717) is 10.4 Å². The van der Waals surface area contributed by atoms with Crippen molar-refractivity contribution in [2.45, 2.75) is 0 Å². The summed E-state index contributed by atoms with van der Waals surface area (Å²) in [5, 5.41) is 0. The second-order valence-corrected chi connectivity index (χ2v) is 3.59. The maximum atomic E-state index is 12.8. The third-order valence-corrected chi connectivity index (χ3v) is 2.51. The van der Waals surface area contributed by atoms with Gasteiger partial charge in [0.15, 0.2) is 0 Å². The molecule has 0 aliphatic rings. The lowest BCUT2D eigenvalue weighted by Crippen LogP contribution is -1.98. The monoisotopic (exact) mass is 207 g/mol. The van der Waals surface area contributed by atoms with Crippen molar-refractivity contribution in [3.8, 4) is 0 Å². The molecule has 0 saturated heterocycles. The Hall–Kier alpha value is -1.55. The minimum atomic E-state index is -0.402. The fourth-order valence-electron chi connectivity index (χ4n) is 1.10. The topological polar surface area (TPSA) is 30.0 Å². The third kappa shape index (κ3) is 1.70. The largest absolute Gasteiger partial charge is 0.288 e. The molecular weight excluding hydrogens is 201 g/mol. The molecule has 1 aromatic carbocycles. The number of carbonyl (C=O) groups is 1. The zero-order valence-corrected chi connectivity index (χ0v) is 7.92. The predicted molar refractivity (Wildman–Crippen MR) is 51.9 cm³/mol. The van der Waals surface area contributed by atoms with E-state index in [1.54, 1.807) is 11.6 Å². The maximum Gasteiger partial charge on any atom is 0.204 e. The second kappa shape index (κ2) is 3.67. The van der Waals surface area contributed by atoms with Gasteiger partial charge in [-0.1, -0.05) is 12.1 Å². The molecule has 0 bridgehead atoms. The zero-order valence-electron chi connectivity index (χ0n) is 7.11. The van der Waals surface area contributed by atoms with E-state index >= 15 is 0 Å². The zero-order chi connectivity index (χ0) is 9.97. The molecule has 4 heteroatoms. The van der Waals surface area contributed by atoms with E-state index in [-0.39, 0.29) is 5.78 Å². The first-order valence-electron chi connectivity index (χ1n) is 3.96. The van der Waals surface area contributed by atoms with E-state index in [1.165, 1.54) is 35.7 Å². The van der Waals surface area contributed by atoms with Crippen LogP contribution in [0.3, 0.4) is 0 Å². The van der Waals surface area contributed by atoms with Gasteiger partial charge in [-0.3, -0.25) is 9.78 Å². The van der Waals surface area contributed by atoms with Crippen LogP contribution in [0.1, 0.15) is 15.2 Å². The van der Waals surface area contributed by atoms with Gasteiger partial charge < -0.3 is 0 Å². The first kappa shape index (κ1) is 9.02. The Labute approximate surface area is 84.0 Å². The van der Waals surface area contributed by atoms with Crippen molar-refractivity contribution in [2.75, 3.05) is 0 Å². The van der Waals surface area contributed by atoms with Gasteiger partial charge in [0, 0.05) is 11.8 Å². The van der Waals surface area contributed by atoms with Crippen LogP contribution >= 0.6 is 11.3 Å². The van der Waals surface area contributed by atoms with Crippen molar-refractivity contribution < 1.29 is 9.18 Å². The van der Waals surface area contributed by atoms with Gasteiger partial charge in [-0.05, 0) is 12.1 Å². The van der Waals surface area contributed by atoms with E-state index in [0.717, 1.165) is 0 Å². The number of ketones is 1. The summed E-state index contributed by atoms with van der Waals surface area (Å²) in [5.41, 5.74) is 1.93. The average Bonchev–Trinajstić information content (AvgIpc) is 2.69. The molecule has 0 aliphatic carbocycles. The summed E-state index contributed by atoms with van der Waals surface area (Å²) in [4.78, 5) is 16.0. The Bertz CT molecular complexity index is 453. The number of benzene rings is 1. The maximum absolute atomic E-state index is 12.8. The van der Waals surface area contributed by atoms with Crippen LogP contribution in [-0.4, -0.2) is 10.8 Å². The molecule has 1 aromatic heterocycles. The fraction of sp³-hybridized carbons (Fsp3) is 0. The lowest BCUT2D eigenvalue weighted by molar-refractivity contribution is 0.104. The molecule has 0 amide bonds. The summed E-state index contributed by atoms with van der Waals surface area (Å²) >= 11 is 1.25. The molecule has 2 aromatic rings. The molecule has 70 valence electrons. The highest BCUT2D eigenvalue weighted by atomic mass is 32.1. The summed E-state index contributed by atoms with van der Waals surface area (Å²) in [6, 6.07) is 5.64. The number of aromatic nitrogens is 1. The molecule has 0 spiro atoms. The van der Waals surface area contributed by atoms with Gasteiger partial charge in [-0.15, -0.1) is 11.3 Å². The Morgan fingerprint density at radius 3 is 2.93 bits per heavy atom. The molecule has 0 radical (unpaired) electrons. The Kier molecular flexibility index (Phi) is 2.37. The van der Waals surface area contributed by atoms with Crippen LogP contribution in [0.5, 0.6) is 0 Å². The highest BCUT2D eigenvalue weighted by molar-refractivity contribution is 7.11. The average molecular weight is 207 g/mol. The van der Waals surface area contributed by atoms with Crippen molar-refractivity contribution in [1.82, 2.24) is 4.98 Å². The lowest BCUT2D eigenvalue weighted by atomic mass is 10.1. The van der Waals surface area contributed by atoms with Gasteiger partial charge in [0.1, 0.15) is 5.82 Å². The fourth-order valence-corrected chi connectivity index (χ4v) is 1.68. The Balaban J connectivity index is 2.37. The molecule has 0 aliphatic heterocycles. The number of nitrogens with zero attached hydrogens (tertiary/aromatic N) is 1. The van der Waals surface area contributed by atoms with Crippen LogP contribution < -0.4 is 0 Å². The quantitative estimate of drug-likeness (QED) is 0.708. The lowest BCUT2D eigenvalue weighted by Gasteiger charge is -1.96. The van der Waals surface area contributed by atoms with Crippen LogP contribution in [0, 0.1) is 5.82 Å². The summed E-state index contributed by atoms with van der Waals surface area (Å²) < 4.78 is 12.8. The second-order valence-electron chi connectivity index (χ2n) is 2.71. The van der Waals surface area contributed by atoms with Crippen molar-refractivity contribution >= 4 is 17.1 Å². The van der Waals surface area contributed by atoms with Crippen LogP contribution in [0.2, 0.25) is 0 Å².